The molecule has 0 aromatic heterocycles. The predicted molar refractivity (Wildman–Crippen MR) is 163 cm³/mol. The van der Waals surface area contributed by atoms with Crippen LogP contribution in [0.15, 0.2) is 0 Å². The van der Waals surface area contributed by atoms with Crippen molar-refractivity contribution in [1.82, 2.24) is 31.9 Å². The predicted octanol–water partition coefficient (Wildman–Crippen LogP) is -2.40. The highest BCUT2D eigenvalue weighted by Crippen LogP contribution is 2.12. The van der Waals surface area contributed by atoms with Crippen molar-refractivity contribution in [3.8, 4) is 0 Å². The fourth-order valence-electron chi connectivity index (χ4n) is 3.87. The van der Waals surface area contributed by atoms with Crippen molar-refractivity contribution in [2.24, 2.45) is 11.8 Å². The SMILES string of the molecule is CC[C@H](C)[C@H](NC(=O)[C@H](CC(=O)O)NC(=O)[C@H](CC(=O)O)NC(C)=O)C(=O)N[C@H](C(=O)N[C@@H](C)C(=O)N[C@@H](CS)C(=O)O)C(C)C. The molecule has 0 bridgehead atoms. The Labute approximate surface area is 271 Å². The second kappa shape index (κ2) is 19.9. The lowest BCUT2D eigenvalue weighted by Crippen LogP contribution is -2.61. The van der Waals surface area contributed by atoms with Crippen molar-refractivity contribution in [2.45, 2.75) is 97.1 Å². The van der Waals surface area contributed by atoms with Crippen molar-refractivity contribution in [3.05, 3.63) is 0 Å². The van der Waals surface area contributed by atoms with Gasteiger partial charge in [0.05, 0.1) is 12.8 Å². The van der Waals surface area contributed by atoms with Gasteiger partial charge >= 0.3 is 17.9 Å². The Kier molecular flexibility index (Phi) is 17.9. The molecule has 9 N–H and O–H groups in total. The number of nitrogens with one attached hydrogen (secondary N) is 6. The van der Waals surface area contributed by atoms with E-state index in [0.29, 0.717) is 6.42 Å². The van der Waals surface area contributed by atoms with Crippen molar-refractivity contribution in [1.29, 1.82) is 0 Å². The third-order valence-corrected chi connectivity index (χ3v) is 7.04. The van der Waals surface area contributed by atoms with Gasteiger partial charge in [0.15, 0.2) is 0 Å². The molecular formula is C27H44N6O12S. The molecule has 0 aliphatic carbocycles. The third kappa shape index (κ3) is 14.6. The monoisotopic (exact) mass is 676 g/mol. The summed E-state index contributed by atoms with van der Waals surface area (Å²) >= 11 is 3.86. The highest BCUT2D eigenvalue weighted by Gasteiger charge is 2.35. The van der Waals surface area contributed by atoms with Gasteiger partial charge in [-0.05, 0) is 18.8 Å². The molecule has 0 aromatic rings. The summed E-state index contributed by atoms with van der Waals surface area (Å²) in [5.74, 6) is -11.1. The number of thiol groups is 1. The molecule has 0 fully saturated rings. The summed E-state index contributed by atoms with van der Waals surface area (Å²) in [5, 5.41) is 41.3. The minimum absolute atomic E-state index is 0.204. The van der Waals surface area contributed by atoms with Gasteiger partial charge in [0.1, 0.15) is 36.3 Å². The van der Waals surface area contributed by atoms with Crippen molar-refractivity contribution in [2.75, 3.05) is 5.75 Å². The minimum atomic E-state index is -1.79. The molecule has 0 aromatic carbocycles. The van der Waals surface area contributed by atoms with Crippen LogP contribution < -0.4 is 31.9 Å². The van der Waals surface area contributed by atoms with Crippen LogP contribution in [0, 0.1) is 11.8 Å². The minimum Gasteiger partial charge on any atom is -0.481 e. The Morgan fingerprint density at radius 2 is 1.02 bits per heavy atom. The van der Waals surface area contributed by atoms with Gasteiger partial charge in [0.25, 0.3) is 0 Å². The Balaban J connectivity index is 5.95. The number of aliphatic carboxylic acids is 3. The van der Waals surface area contributed by atoms with Crippen LogP contribution in [0.5, 0.6) is 0 Å². The number of carboxylic acid groups (broad SMARTS) is 3. The van der Waals surface area contributed by atoms with Gasteiger partial charge < -0.3 is 47.2 Å². The smallest absolute Gasteiger partial charge is 0.327 e. The van der Waals surface area contributed by atoms with E-state index in [2.05, 4.69) is 44.5 Å². The molecule has 19 heteroatoms. The van der Waals surface area contributed by atoms with Crippen LogP contribution in [-0.4, -0.2) is 111 Å². The lowest BCUT2D eigenvalue weighted by molar-refractivity contribution is -0.143. The maximum Gasteiger partial charge on any atom is 0.327 e. The number of hydrogen-bond acceptors (Lipinski definition) is 10. The lowest BCUT2D eigenvalue weighted by atomic mass is 9.96. The molecule has 18 nitrogen and oxygen atoms in total. The van der Waals surface area contributed by atoms with Crippen LogP contribution in [0.4, 0.5) is 0 Å². The quantitative estimate of drug-likeness (QED) is 0.0604. The average Bonchev–Trinajstić information content (AvgIpc) is 2.94. The summed E-state index contributed by atoms with van der Waals surface area (Å²) in [5.41, 5.74) is 0. The first-order valence-corrected chi connectivity index (χ1v) is 14.9. The molecule has 6 amide bonds. The van der Waals surface area contributed by atoms with E-state index < -0.39 is 114 Å². The van der Waals surface area contributed by atoms with E-state index in [0.717, 1.165) is 6.92 Å². The van der Waals surface area contributed by atoms with Gasteiger partial charge in [-0.3, -0.25) is 38.4 Å². The Bertz CT molecular complexity index is 1150. The second-order valence-corrected chi connectivity index (χ2v) is 11.3. The molecule has 0 rings (SSSR count). The maximum atomic E-state index is 13.4. The molecule has 0 spiro atoms. The van der Waals surface area contributed by atoms with Crippen molar-refractivity contribution >= 4 is 66.0 Å². The molecular weight excluding hydrogens is 632 g/mol. The molecule has 46 heavy (non-hydrogen) atoms. The van der Waals surface area contributed by atoms with Crippen molar-refractivity contribution < 1.29 is 58.5 Å². The van der Waals surface area contributed by atoms with E-state index in [1.165, 1.54) is 6.92 Å². The van der Waals surface area contributed by atoms with Crippen LogP contribution >= 0.6 is 12.6 Å². The first-order valence-electron chi connectivity index (χ1n) is 14.3. The topological polar surface area (TPSA) is 286 Å². The van der Waals surface area contributed by atoms with E-state index in [4.69, 9.17) is 10.2 Å². The largest absolute Gasteiger partial charge is 0.481 e. The average molecular weight is 677 g/mol. The van der Waals surface area contributed by atoms with Gasteiger partial charge in [-0.2, -0.15) is 12.6 Å². The first kappa shape index (κ1) is 41.6. The number of amides is 6. The molecule has 7 atom stereocenters. The molecule has 0 radical (unpaired) electrons. The zero-order valence-corrected chi connectivity index (χ0v) is 27.3. The molecule has 0 saturated heterocycles. The highest BCUT2D eigenvalue weighted by atomic mass is 32.1. The summed E-state index contributed by atoms with van der Waals surface area (Å²) < 4.78 is 0. The highest BCUT2D eigenvalue weighted by molar-refractivity contribution is 7.80. The summed E-state index contributed by atoms with van der Waals surface area (Å²) in [6, 6.07) is -8.52. The maximum absolute atomic E-state index is 13.4. The Hall–Kier alpha value is -4.42. The van der Waals surface area contributed by atoms with Gasteiger partial charge in [-0.15, -0.1) is 0 Å². The van der Waals surface area contributed by atoms with Gasteiger partial charge in [0, 0.05) is 12.7 Å². The van der Waals surface area contributed by atoms with E-state index in [1.807, 2.05) is 0 Å². The standard InChI is InChI=1S/C27H44N6O12S/c1-7-12(4)21(33-24(41)16(9-19(37)38)30-23(40)15(8-18(35)36)29-14(6)34)26(43)32-20(11(2)3)25(42)28-13(5)22(39)31-17(10-46)27(44)45/h11-13,15-17,20-21,46H,7-10H2,1-6H3,(H,28,42)(H,29,34)(H,30,40)(H,31,39)(H,32,43)(H,33,41)(H,35,36)(H,37,38)(H,44,45)/t12-,13-,15-,16-,17-,20-,21-/m0/s1. The summed E-state index contributed by atoms with van der Waals surface area (Å²) in [6.07, 6.45) is -1.50. The number of carboxylic acids is 3. The van der Waals surface area contributed by atoms with Gasteiger partial charge in [-0.1, -0.05) is 34.1 Å². The zero-order valence-electron chi connectivity index (χ0n) is 26.4. The number of carbonyl (C=O) groups is 9. The van der Waals surface area contributed by atoms with Crippen LogP contribution in [0.3, 0.4) is 0 Å². The third-order valence-electron chi connectivity index (χ3n) is 6.67. The zero-order chi connectivity index (χ0) is 35.9. The van der Waals surface area contributed by atoms with E-state index >= 15 is 0 Å². The fraction of sp³-hybridized carbons (Fsp3) is 0.667. The first-order chi connectivity index (χ1) is 21.2. The molecule has 260 valence electrons. The fourth-order valence-corrected chi connectivity index (χ4v) is 4.12. The molecule has 0 aliphatic heterocycles. The molecule has 0 heterocycles. The number of rotatable bonds is 20. The Morgan fingerprint density at radius 3 is 1.43 bits per heavy atom. The van der Waals surface area contributed by atoms with Crippen molar-refractivity contribution in [3.63, 3.8) is 0 Å². The van der Waals surface area contributed by atoms with Crippen LogP contribution in [0.1, 0.15) is 60.8 Å². The van der Waals surface area contributed by atoms with E-state index in [9.17, 15) is 48.3 Å². The van der Waals surface area contributed by atoms with E-state index in [-0.39, 0.29) is 5.75 Å². The molecule has 0 aliphatic rings. The second-order valence-electron chi connectivity index (χ2n) is 10.9. The van der Waals surface area contributed by atoms with Gasteiger partial charge in [-0.25, -0.2) is 4.79 Å². The van der Waals surface area contributed by atoms with E-state index in [1.54, 1.807) is 27.7 Å². The Morgan fingerprint density at radius 1 is 0.587 bits per heavy atom. The number of hydrogen-bond donors (Lipinski definition) is 10. The normalized spacial score (nSPS) is 15.4. The summed E-state index contributed by atoms with van der Waals surface area (Å²) in [6.45, 7) is 8.79. The van der Waals surface area contributed by atoms with Crippen LogP contribution in [-0.2, 0) is 43.2 Å². The van der Waals surface area contributed by atoms with Gasteiger partial charge in [0.2, 0.25) is 35.4 Å². The van der Waals surface area contributed by atoms with Crippen LogP contribution in [0.2, 0.25) is 0 Å². The summed E-state index contributed by atoms with van der Waals surface area (Å²) in [7, 11) is 0. The number of carbonyl (C=O) groups excluding carboxylic acids is 6. The lowest BCUT2D eigenvalue weighted by Gasteiger charge is -2.30. The molecule has 0 unspecified atom stereocenters. The van der Waals surface area contributed by atoms with Crippen LogP contribution in [0.25, 0.3) is 0 Å². The molecule has 0 saturated carbocycles. The summed E-state index contributed by atoms with van der Waals surface area (Å²) in [4.78, 5) is 110.